The molecular formula is C12H17N3OS. The number of thiophene rings is 1. The summed E-state index contributed by atoms with van der Waals surface area (Å²) in [5.41, 5.74) is 1.23. The van der Waals surface area contributed by atoms with Crippen LogP contribution in [0.1, 0.15) is 30.7 Å². The molecule has 0 fully saturated rings. The van der Waals surface area contributed by atoms with E-state index < -0.39 is 0 Å². The van der Waals surface area contributed by atoms with Crippen molar-refractivity contribution in [3.63, 3.8) is 0 Å². The fourth-order valence-corrected chi connectivity index (χ4v) is 2.19. The monoisotopic (exact) mass is 251 g/mol. The molecule has 0 radical (unpaired) electrons. The SMILES string of the molecule is CCCNCCc1nnc(Cc2ccsc2)o1. The first-order valence-electron chi connectivity index (χ1n) is 5.91. The highest BCUT2D eigenvalue weighted by molar-refractivity contribution is 7.07. The molecular weight excluding hydrogens is 234 g/mol. The van der Waals surface area contributed by atoms with Gasteiger partial charge in [-0.1, -0.05) is 6.92 Å². The van der Waals surface area contributed by atoms with E-state index in [1.54, 1.807) is 11.3 Å². The third-order valence-electron chi connectivity index (χ3n) is 2.39. The summed E-state index contributed by atoms with van der Waals surface area (Å²) >= 11 is 1.69. The standard InChI is InChI=1S/C12H17N3OS/c1-2-5-13-6-3-11-14-15-12(16-11)8-10-4-7-17-9-10/h4,7,9,13H,2-3,5-6,8H2,1H3. The summed E-state index contributed by atoms with van der Waals surface area (Å²) < 4.78 is 5.58. The summed E-state index contributed by atoms with van der Waals surface area (Å²) in [5.74, 6) is 1.42. The molecule has 0 saturated heterocycles. The van der Waals surface area contributed by atoms with Crippen molar-refractivity contribution < 1.29 is 4.42 Å². The fourth-order valence-electron chi connectivity index (χ4n) is 1.53. The summed E-state index contributed by atoms with van der Waals surface area (Å²) in [4.78, 5) is 0. The summed E-state index contributed by atoms with van der Waals surface area (Å²) in [7, 11) is 0. The van der Waals surface area contributed by atoms with Crippen LogP contribution in [0, 0.1) is 0 Å². The second-order valence-electron chi connectivity index (χ2n) is 3.90. The van der Waals surface area contributed by atoms with Crippen LogP contribution in [0.25, 0.3) is 0 Å². The maximum atomic E-state index is 5.58. The van der Waals surface area contributed by atoms with Crippen molar-refractivity contribution in [1.29, 1.82) is 0 Å². The summed E-state index contributed by atoms with van der Waals surface area (Å²) in [6, 6.07) is 2.08. The molecule has 0 aliphatic carbocycles. The van der Waals surface area contributed by atoms with Gasteiger partial charge in [0.15, 0.2) is 0 Å². The average Bonchev–Trinajstić information content (AvgIpc) is 2.97. The Kier molecular flexibility index (Phi) is 4.70. The van der Waals surface area contributed by atoms with Gasteiger partial charge >= 0.3 is 0 Å². The zero-order chi connectivity index (χ0) is 11.9. The predicted octanol–water partition coefficient (Wildman–Crippen LogP) is 2.26. The molecule has 0 saturated carbocycles. The van der Waals surface area contributed by atoms with Crippen LogP contribution >= 0.6 is 11.3 Å². The minimum absolute atomic E-state index is 0.703. The van der Waals surface area contributed by atoms with Gasteiger partial charge in [-0.05, 0) is 35.4 Å². The Hall–Kier alpha value is -1.20. The first kappa shape index (κ1) is 12.3. The van der Waals surface area contributed by atoms with Crippen LogP contribution in [0.15, 0.2) is 21.2 Å². The van der Waals surface area contributed by atoms with Crippen molar-refractivity contribution >= 4 is 11.3 Å². The molecule has 0 aromatic carbocycles. The number of hydrogen-bond donors (Lipinski definition) is 1. The molecule has 1 N–H and O–H groups in total. The minimum atomic E-state index is 0.703. The zero-order valence-electron chi connectivity index (χ0n) is 9.98. The van der Waals surface area contributed by atoms with Crippen molar-refractivity contribution in [3.8, 4) is 0 Å². The van der Waals surface area contributed by atoms with Gasteiger partial charge in [-0.25, -0.2) is 0 Å². The van der Waals surface area contributed by atoms with E-state index >= 15 is 0 Å². The van der Waals surface area contributed by atoms with Crippen molar-refractivity contribution in [2.45, 2.75) is 26.2 Å². The fraction of sp³-hybridized carbons (Fsp3) is 0.500. The number of rotatable bonds is 7. The first-order valence-corrected chi connectivity index (χ1v) is 6.86. The van der Waals surface area contributed by atoms with E-state index in [-0.39, 0.29) is 0 Å². The lowest BCUT2D eigenvalue weighted by molar-refractivity contribution is 0.451. The van der Waals surface area contributed by atoms with E-state index in [9.17, 15) is 0 Å². The molecule has 0 amide bonds. The quantitative estimate of drug-likeness (QED) is 0.767. The lowest BCUT2D eigenvalue weighted by Crippen LogP contribution is -2.17. The third kappa shape index (κ3) is 3.94. The topological polar surface area (TPSA) is 51.0 Å². The molecule has 92 valence electrons. The average molecular weight is 251 g/mol. The molecule has 2 heterocycles. The van der Waals surface area contributed by atoms with E-state index in [2.05, 4.69) is 39.3 Å². The molecule has 0 aliphatic heterocycles. The molecule has 17 heavy (non-hydrogen) atoms. The van der Waals surface area contributed by atoms with Crippen molar-refractivity contribution in [2.75, 3.05) is 13.1 Å². The lowest BCUT2D eigenvalue weighted by atomic mass is 10.2. The molecule has 2 aromatic rings. The predicted molar refractivity (Wildman–Crippen MR) is 68.3 cm³/mol. The second kappa shape index (κ2) is 6.51. The van der Waals surface area contributed by atoms with Gasteiger partial charge in [0.2, 0.25) is 11.8 Å². The number of nitrogens with zero attached hydrogens (tertiary/aromatic N) is 2. The van der Waals surface area contributed by atoms with E-state index in [4.69, 9.17) is 4.42 Å². The van der Waals surface area contributed by atoms with Gasteiger partial charge in [0.05, 0.1) is 6.42 Å². The highest BCUT2D eigenvalue weighted by Crippen LogP contribution is 2.11. The largest absolute Gasteiger partial charge is 0.425 e. The number of nitrogens with one attached hydrogen (secondary N) is 1. The summed E-state index contributed by atoms with van der Waals surface area (Å²) in [5, 5.41) is 15.6. The molecule has 4 nitrogen and oxygen atoms in total. The smallest absolute Gasteiger partial charge is 0.220 e. The maximum Gasteiger partial charge on any atom is 0.220 e. The van der Waals surface area contributed by atoms with Crippen LogP contribution in [-0.2, 0) is 12.8 Å². The van der Waals surface area contributed by atoms with E-state index in [1.165, 1.54) is 5.56 Å². The van der Waals surface area contributed by atoms with E-state index in [0.29, 0.717) is 5.89 Å². The molecule has 0 bridgehead atoms. The Morgan fingerprint density at radius 1 is 1.29 bits per heavy atom. The van der Waals surface area contributed by atoms with Crippen LogP contribution in [-0.4, -0.2) is 23.3 Å². The number of aromatic nitrogens is 2. The molecule has 0 aliphatic rings. The van der Waals surface area contributed by atoms with Gasteiger partial charge < -0.3 is 9.73 Å². The van der Waals surface area contributed by atoms with Gasteiger partial charge in [-0.2, -0.15) is 11.3 Å². The van der Waals surface area contributed by atoms with Crippen molar-refractivity contribution in [1.82, 2.24) is 15.5 Å². The Morgan fingerprint density at radius 2 is 2.18 bits per heavy atom. The molecule has 2 rings (SSSR count). The van der Waals surface area contributed by atoms with Gasteiger partial charge in [-0.15, -0.1) is 10.2 Å². The van der Waals surface area contributed by atoms with E-state index in [1.807, 2.05) is 0 Å². The minimum Gasteiger partial charge on any atom is -0.425 e. The number of hydrogen-bond acceptors (Lipinski definition) is 5. The summed E-state index contributed by atoms with van der Waals surface area (Å²) in [6.45, 7) is 4.09. The summed E-state index contributed by atoms with van der Waals surface area (Å²) in [6.07, 6.45) is 2.68. The van der Waals surface area contributed by atoms with Crippen molar-refractivity contribution in [3.05, 3.63) is 34.2 Å². The van der Waals surface area contributed by atoms with Crippen LogP contribution in [0.5, 0.6) is 0 Å². The molecule has 0 unspecified atom stereocenters. The Bertz CT molecular complexity index is 425. The highest BCUT2D eigenvalue weighted by Gasteiger charge is 2.06. The van der Waals surface area contributed by atoms with Crippen LogP contribution < -0.4 is 5.32 Å². The first-order chi connectivity index (χ1) is 8.38. The normalized spacial score (nSPS) is 10.9. The second-order valence-corrected chi connectivity index (χ2v) is 4.68. The van der Waals surface area contributed by atoms with Crippen LogP contribution in [0.4, 0.5) is 0 Å². The van der Waals surface area contributed by atoms with Gasteiger partial charge in [0.1, 0.15) is 0 Å². The maximum absolute atomic E-state index is 5.58. The van der Waals surface area contributed by atoms with Gasteiger partial charge in [0, 0.05) is 13.0 Å². The third-order valence-corrected chi connectivity index (χ3v) is 3.12. The Labute approximate surface area is 105 Å². The van der Waals surface area contributed by atoms with E-state index in [0.717, 1.165) is 38.2 Å². The van der Waals surface area contributed by atoms with Crippen molar-refractivity contribution in [2.24, 2.45) is 0 Å². The molecule has 0 spiro atoms. The van der Waals surface area contributed by atoms with Gasteiger partial charge in [-0.3, -0.25) is 0 Å². The highest BCUT2D eigenvalue weighted by atomic mass is 32.1. The van der Waals surface area contributed by atoms with Crippen LogP contribution in [0.3, 0.4) is 0 Å². The Morgan fingerprint density at radius 3 is 2.94 bits per heavy atom. The van der Waals surface area contributed by atoms with Crippen LogP contribution in [0.2, 0.25) is 0 Å². The molecule has 2 aromatic heterocycles. The van der Waals surface area contributed by atoms with Gasteiger partial charge in [0.25, 0.3) is 0 Å². The Balaban J connectivity index is 1.79. The molecule has 5 heteroatoms. The zero-order valence-corrected chi connectivity index (χ0v) is 10.8. The lowest BCUT2D eigenvalue weighted by Gasteiger charge is -1.98. The molecule has 0 atom stereocenters.